The van der Waals surface area contributed by atoms with Gasteiger partial charge in [0.25, 0.3) is 0 Å². The first kappa shape index (κ1) is 13.7. The summed E-state index contributed by atoms with van der Waals surface area (Å²) < 4.78 is 1.95. The van der Waals surface area contributed by atoms with Gasteiger partial charge in [-0.3, -0.25) is 16.0 Å². The molecular weight excluding hydrogens is 238 g/mol. The van der Waals surface area contributed by atoms with Crippen LogP contribution in [0.5, 0.6) is 0 Å². The Morgan fingerprint density at radius 3 is 2.74 bits per heavy atom. The van der Waals surface area contributed by atoms with Crippen molar-refractivity contribution in [3.05, 3.63) is 48.0 Å². The Balaban J connectivity index is 2.00. The highest BCUT2D eigenvalue weighted by Crippen LogP contribution is 2.07. The van der Waals surface area contributed by atoms with E-state index in [9.17, 15) is 0 Å². The quantitative estimate of drug-likeness (QED) is 0.581. The van der Waals surface area contributed by atoms with Crippen LogP contribution in [0.15, 0.2) is 36.7 Å². The molecule has 5 heteroatoms. The molecule has 0 fully saturated rings. The van der Waals surface area contributed by atoms with Crippen molar-refractivity contribution in [2.24, 2.45) is 5.84 Å². The van der Waals surface area contributed by atoms with Gasteiger partial charge in [-0.2, -0.15) is 5.10 Å². The van der Waals surface area contributed by atoms with Gasteiger partial charge < -0.3 is 0 Å². The summed E-state index contributed by atoms with van der Waals surface area (Å²) in [5, 5.41) is 4.24. The summed E-state index contributed by atoms with van der Waals surface area (Å²) in [5.74, 6) is 6.64. The first-order chi connectivity index (χ1) is 9.33. The summed E-state index contributed by atoms with van der Waals surface area (Å²) in [5.41, 5.74) is 4.15. The van der Waals surface area contributed by atoms with Crippen molar-refractivity contribution < 1.29 is 0 Å². The lowest BCUT2D eigenvalue weighted by atomic mass is 10.0. The van der Waals surface area contributed by atoms with Crippen LogP contribution in [0.4, 0.5) is 0 Å². The molecule has 2 rings (SSSR count). The van der Waals surface area contributed by atoms with Gasteiger partial charge in [-0.25, -0.2) is 4.98 Å². The first-order valence-electron chi connectivity index (χ1n) is 6.70. The Bertz CT molecular complexity index is 480. The Morgan fingerprint density at radius 1 is 1.26 bits per heavy atom. The van der Waals surface area contributed by atoms with Crippen molar-refractivity contribution >= 4 is 0 Å². The van der Waals surface area contributed by atoms with Gasteiger partial charge >= 0.3 is 0 Å². The number of nitrogens with two attached hydrogens (primary N) is 1. The molecule has 0 bridgehead atoms. The minimum atomic E-state index is 0.169. The molecule has 102 valence electrons. The van der Waals surface area contributed by atoms with Gasteiger partial charge in [0, 0.05) is 19.0 Å². The smallest absolute Gasteiger partial charge is 0.138 e. The highest BCUT2D eigenvalue weighted by molar-refractivity contribution is 5.16. The van der Waals surface area contributed by atoms with Crippen LogP contribution < -0.4 is 11.3 Å². The van der Waals surface area contributed by atoms with Crippen molar-refractivity contribution in [3.8, 4) is 0 Å². The summed E-state index contributed by atoms with van der Waals surface area (Å²) in [7, 11) is 0. The number of nitrogens with one attached hydrogen (secondary N) is 1. The first-order valence-corrected chi connectivity index (χ1v) is 6.70. The van der Waals surface area contributed by atoms with Gasteiger partial charge in [0.15, 0.2) is 0 Å². The van der Waals surface area contributed by atoms with E-state index in [4.69, 9.17) is 5.84 Å². The molecule has 2 aromatic rings. The molecule has 0 aliphatic heterocycles. The number of aryl methyl sites for hydroxylation is 1. The van der Waals surface area contributed by atoms with Crippen LogP contribution in [0.2, 0.25) is 0 Å². The molecule has 1 aromatic heterocycles. The molecule has 5 nitrogen and oxygen atoms in total. The fourth-order valence-corrected chi connectivity index (χ4v) is 2.15. The fourth-order valence-electron chi connectivity index (χ4n) is 2.15. The number of hydrogen-bond donors (Lipinski definition) is 2. The third kappa shape index (κ3) is 3.87. The third-order valence-corrected chi connectivity index (χ3v) is 3.12. The lowest BCUT2D eigenvalue weighted by molar-refractivity contribution is 0.482. The molecule has 1 heterocycles. The van der Waals surface area contributed by atoms with E-state index < -0.39 is 0 Å². The predicted octanol–water partition coefficient (Wildman–Crippen LogP) is 1.31. The molecule has 0 aliphatic carbocycles. The van der Waals surface area contributed by atoms with Gasteiger partial charge in [-0.05, 0) is 18.4 Å². The largest absolute Gasteiger partial charge is 0.271 e. The lowest BCUT2D eigenvalue weighted by Crippen LogP contribution is -2.39. The predicted molar refractivity (Wildman–Crippen MR) is 75.3 cm³/mol. The van der Waals surface area contributed by atoms with Gasteiger partial charge in [-0.1, -0.05) is 37.3 Å². The molecule has 0 saturated heterocycles. The van der Waals surface area contributed by atoms with Crippen LogP contribution in [-0.4, -0.2) is 20.8 Å². The summed E-state index contributed by atoms with van der Waals surface area (Å²) in [6.45, 7) is 3.03. The zero-order valence-electron chi connectivity index (χ0n) is 11.3. The van der Waals surface area contributed by atoms with Crippen LogP contribution in [0.1, 0.15) is 24.7 Å². The molecule has 0 saturated carbocycles. The van der Waals surface area contributed by atoms with Crippen LogP contribution in [-0.2, 0) is 19.4 Å². The van der Waals surface area contributed by atoms with Gasteiger partial charge in [0.2, 0.25) is 0 Å². The fraction of sp³-hybridized carbons (Fsp3) is 0.429. The van der Waals surface area contributed by atoms with Crippen molar-refractivity contribution in [3.63, 3.8) is 0 Å². The highest BCUT2D eigenvalue weighted by Gasteiger charge is 2.13. The number of hydrazine groups is 1. The van der Waals surface area contributed by atoms with Crippen LogP contribution >= 0.6 is 0 Å². The van der Waals surface area contributed by atoms with E-state index in [2.05, 4.69) is 34.6 Å². The van der Waals surface area contributed by atoms with E-state index in [0.717, 1.165) is 31.6 Å². The zero-order valence-corrected chi connectivity index (χ0v) is 11.3. The molecule has 1 unspecified atom stereocenters. The van der Waals surface area contributed by atoms with Crippen LogP contribution in [0.25, 0.3) is 0 Å². The summed E-state index contributed by atoms with van der Waals surface area (Å²) >= 11 is 0. The van der Waals surface area contributed by atoms with E-state index >= 15 is 0 Å². The average molecular weight is 259 g/mol. The van der Waals surface area contributed by atoms with E-state index in [0.29, 0.717) is 0 Å². The maximum Gasteiger partial charge on any atom is 0.138 e. The zero-order chi connectivity index (χ0) is 13.5. The van der Waals surface area contributed by atoms with E-state index in [1.807, 2.05) is 22.9 Å². The number of nitrogens with zero attached hydrogens (tertiary/aromatic N) is 3. The number of benzene rings is 1. The second-order valence-corrected chi connectivity index (χ2v) is 4.66. The van der Waals surface area contributed by atoms with Crippen molar-refractivity contribution in [2.75, 3.05) is 0 Å². The minimum Gasteiger partial charge on any atom is -0.271 e. The van der Waals surface area contributed by atoms with Crippen molar-refractivity contribution in [1.82, 2.24) is 20.2 Å². The Morgan fingerprint density at radius 2 is 2.05 bits per heavy atom. The number of aromatic nitrogens is 3. The number of rotatable bonds is 7. The lowest BCUT2D eigenvalue weighted by Gasteiger charge is -2.16. The highest BCUT2D eigenvalue weighted by atomic mass is 15.3. The maximum absolute atomic E-state index is 5.65. The summed E-state index contributed by atoms with van der Waals surface area (Å²) in [6, 6.07) is 10.5. The molecule has 3 N–H and O–H groups in total. The Labute approximate surface area is 113 Å². The van der Waals surface area contributed by atoms with Crippen LogP contribution in [0.3, 0.4) is 0 Å². The van der Waals surface area contributed by atoms with Gasteiger partial charge in [0.05, 0.1) is 0 Å². The second-order valence-electron chi connectivity index (χ2n) is 4.66. The Kier molecular flexibility index (Phi) is 5.06. The molecule has 19 heavy (non-hydrogen) atoms. The van der Waals surface area contributed by atoms with Crippen molar-refractivity contribution in [2.45, 2.75) is 38.8 Å². The Hall–Kier alpha value is -1.72. The average Bonchev–Trinajstić information content (AvgIpc) is 2.87. The SMILES string of the molecule is CCCn1ncnc1CC(Cc1ccccc1)NN. The molecule has 0 aliphatic rings. The molecule has 0 radical (unpaired) electrons. The molecular formula is C14H21N5. The van der Waals surface area contributed by atoms with E-state index in [-0.39, 0.29) is 6.04 Å². The van der Waals surface area contributed by atoms with E-state index in [1.54, 1.807) is 6.33 Å². The third-order valence-electron chi connectivity index (χ3n) is 3.12. The summed E-state index contributed by atoms with van der Waals surface area (Å²) in [4.78, 5) is 4.32. The number of hydrogen-bond acceptors (Lipinski definition) is 4. The summed E-state index contributed by atoms with van der Waals surface area (Å²) in [6.07, 6.45) is 4.33. The monoisotopic (exact) mass is 259 g/mol. The molecule has 1 atom stereocenters. The molecule has 1 aromatic carbocycles. The van der Waals surface area contributed by atoms with Gasteiger partial charge in [0.1, 0.15) is 12.2 Å². The van der Waals surface area contributed by atoms with Crippen LogP contribution in [0, 0.1) is 0 Å². The topological polar surface area (TPSA) is 68.8 Å². The normalized spacial score (nSPS) is 12.5. The molecule has 0 spiro atoms. The minimum absolute atomic E-state index is 0.169. The van der Waals surface area contributed by atoms with E-state index in [1.165, 1.54) is 5.56 Å². The second kappa shape index (κ2) is 7.01. The molecule has 0 amide bonds. The standard InChI is InChI=1S/C14H21N5/c1-2-8-19-14(16-11-17-19)10-13(18-15)9-12-6-4-3-5-7-12/h3-7,11,13,18H,2,8-10,15H2,1H3. The van der Waals surface area contributed by atoms with Gasteiger partial charge in [-0.15, -0.1) is 0 Å². The maximum atomic E-state index is 5.65. The van der Waals surface area contributed by atoms with Crippen molar-refractivity contribution in [1.29, 1.82) is 0 Å².